The molecule has 0 aromatic carbocycles. The zero-order valence-corrected chi connectivity index (χ0v) is 8.87. The van der Waals surface area contributed by atoms with Crippen molar-refractivity contribution in [2.75, 3.05) is 19.7 Å². The van der Waals surface area contributed by atoms with Gasteiger partial charge >= 0.3 is 6.09 Å². The average molecular weight is 200 g/mol. The van der Waals surface area contributed by atoms with Gasteiger partial charge in [-0.05, 0) is 39.2 Å². The van der Waals surface area contributed by atoms with Gasteiger partial charge < -0.3 is 15.4 Å². The van der Waals surface area contributed by atoms with Gasteiger partial charge in [-0.15, -0.1) is 0 Å². The van der Waals surface area contributed by atoms with Crippen molar-refractivity contribution >= 4 is 6.09 Å². The summed E-state index contributed by atoms with van der Waals surface area (Å²) in [4.78, 5) is 13.4. The molecule has 0 unspecified atom stereocenters. The zero-order valence-electron chi connectivity index (χ0n) is 8.87. The molecule has 4 heteroatoms. The van der Waals surface area contributed by atoms with Crippen LogP contribution < -0.4 is 5.73 Å². The summed E-state index contributed by atoms with van der Waals surface area (Å²) < 4.78 is 5.00. The van der Waals surface area contributed by atoms with Crippen molar-refractivity contribution in [2.24, 2.45) is 5.73 Å². The largest absolute Gasteiger partial charge is 0.450 e. The number of hydrogen-bond acceptors (Lipinski definition) is 3. The third-order valence-corrected chi connectivity index (χ3v) is 2.62. The van der Waals surface area contributed by atoms with Crippen LogP contribution in [0.25, 0.3) is 0 Å². The highest BCUT2D eigenvalue weighted by molar-refractivity contribution is 5.68. The Morgan fingerprint density at radius 2 is 2.29 bits per heavy atom. The average Bonchev–Trinajstić information content (AvgIpc) is 2.09. The summed E-state index contributed by atoms with van der Waals surface area (Å²) in [5, 5.41) is 0. The van der Waals surface area contributed by atoms with E-state index < -0.39 is 0 Å². The van der Waals surface area contributed by atoms with Crippen molar-refractivity contribution in [3.05, 3.63) is 0 Å². The Morgan fingerprint density at radius 1 is 1.57 bits per heavy atom. The highest BCUT2D eigenvalue weighted by Crippen LogP contribution is 2.25. The van der Waals surface area contributed by atoms with E-state index in [1.807, 2.05) is 11.8 Å². The van der Waals surface area contributed by atoms with Gasteiger partial charge in [-0.3, -0.25) is 0 Å². The third-order valence-electron chi connectivity index (χ3n) is 2.62. The molecule has 82 valence electrons. The quantitative estimate of drug-likeness (QED) is 0.728. The van der Waals surface area contributed by atoms with Gasteiger partial charge in [-0.25, -0.2) is 4.79 Å². The second kappa shape index (κ2) is 5.86. The summed E-state index contributed by atoms with van der Waals surface area (Å²) in [6.07, 6.45) is 4.14. The minimum absolute atomic E-state index is 0.175. The highest BCUT2D eigenvalue weighted by atomic mass is 16.6. The van der Waals surface area contributed by atoms with Crippen LogP contribution in [0.15, 0.2) is 0 Å². The summed E-state index contributed by atoms with van der Waals surface area (Å²) in [7, 11) is 0. The van der Waals surface area contributed by atoms with Crippen LogP contribution in [0.2, 0.25) is 0 Å². The van der Waals surface area contributed by atoms with E-state index in [9.17, 15) is 4.79 Å². The van der Waals surface area contributed by atoms with Crippen LogP contribution in [0, 0.1) is 0 Å². The van der Waals surface area contributed by atoms with E-state index in [-0.39, 0.29) is 6.09 Å². The molecule has 1 fully saturated rings. The van der Waals surface area contributed by atoms with Gasteiger partial charge in [0.2, 0.25) is 0 Å². The Bertz CT molecular complexity index is 181. The van der Waals surface area contributed by atoms with E-state index in [0.717, 1.165) is 25.8 Å². The predicted octanol–water partition coefficient (Wildman–Crippen LogP) is 1.35. The van der Waals surface area contributed by atoms with Crippen molar-refractivity contribution in [1.29, 1.82) is 0 Å². The summed E-state index contributed by atoms with van der Waals surface area (Å²) >= 11 is 0. The lowest BCUT2D eigenvalue weighted by Crippen LogP contribution is -2.45. The molecule has 2 N–H and O–H groups in total. The molecule has 0 saturated heterocycles. The SMILES string of the molecule is CCOC(=O)N(CCCN)C1CCC1. The summed E-state index contributed by atoms with van der Waals surface area (Å²) in [5.41, 5.74) is 5.43. The minimum Gasteiger partial charge on any atom is -0.450 e. The van der Waals surface area contributed by atoms with Crippen molar-refractivity contribution in [3.63, 3.8) is 0 Å². The third kappa shape index (κ3) is 2.87. The minimum atomic E-state index is -0.175. The van der Waals surface area contributed by atoms with Crippen molar-refractivity contribution in [1.82, 2.24) is 4.90 Å². The van der Waals surface area contributed by atoms with Crippen LogP contribution in [-0.2, 0) is 4.74 Å². The molecule has 14 heavy (non-hydrogen) atoms. The number of nitrogens with zero attached hydrogens (tertiary/aromatic N) is 1. The number of ether oxygens (including phenoxy) is 1. The maximum Gasteiger partial charge on any atom is 0.409 e. The van der Waals surface area contributed by atoms with Crippen molar-refractivity contribution < 1.29 is 9.53 Å². The van der Waals surface area contributed by atoms with Gasteiger partial charge in [0.25, 0.3) is 0 Å². The molecule has 0 aliphatic heterocycles. The molecular formula is C10H20N2O2. The number of nitrogens with two attached hydrogens (primary N) is 1. The smallest absolute Gasteiger partial charge is 0.409 e. The summed E-state index contributed by atoms with van der Waals surface area (Å²) in [6, 6.07) is 0.403. The Hall–Kier alpha value is -0.770. The van der Waals surface area contributed by atoms with Gasteiger partial charge in [0.05, 0.1) is 6.61 Å². The van der Waals surface area contributed by atoms with E-state index in [1.165, 1.54) is 6.42 Å². The monoisotopic (exact) mass is 200 g/mol. The van der Waals surface area contributed by atoms with Crippen LogP contribution in [0.3, 0.4) is 0 Å². The second-order valence-corrected chi connectivity index (χ2v) is 3.62. The molecule has 1 saturated carbocycles. The standard InChI is InChI=1S/C10H20N2O2/c1-2-14-10(13)12(8-4-7-11)9-5-3-6-9/h9H,2-8,11H2,1H3. The fourth-order valence-electron chi connectivity index (χ4n) is 1.59. The van der Waals surface area contributed by atoms with E-state index >= 15 is 0 Å². The molecule has 1 amide bonds. The number of carbonyl (C=O) groups excluding carboxylic acids is 1. The first-order valence-electron chi connectivity index (χ1n) is 5.43. The highest BCUT2D eigenvalue weighted by Gasteiger charge is 2.28. The first-order chi connectivity index (χ1) is 6.79. The van der Waals surface area contributed by atoms with Gasteiger partial charge in [-0.1, -0.05) is 0 Å². The summed E-state index contributed by atoms with van der Waals surface area (Å²) in [6.45, 7) is 3.65. The van der Waals surface area contributed by atoms with Crippen LogP contribution in [0.5, 0.6) is 0 Å². The Morgan fingerprint density at radius 3 is 2.71 bits per heavy atom. The number of amides is 1. The van der Waals surface area contributed by atoms with Crippen LogP contribution in [-0.4, -0.2) is 36.7 Å². The first kappa shape index (κ1) is 11.3. The molecule has 0 aromatic heterocycles. The predicted molar refractivity (Wildman–Crippen MR) is 55.0 cm³/mol. The molecule has 4 nitrogen and oxygen atoms in total. The van der Waals surface area contributed by atoms with Crippen LogP contribution in [0.4, 0.5) is 4.79 Å². The van der Waals surface area contributed by atoms with E-state index in [2.05, 4.69) is 0 Å². The molecule has 0 heterocycles. The molecule has 1 aliphatic carbocycles. The zero-order chi connectivity index (χ0) is 10.4. The molecule has 0 spiro atoms. The molecule has 1 rings (SSSR count). The molecule has 0 radical (unpaired) electrons. The molecular weight excluding hydrogens is 180 g/mol. The van der Waals surface area contributed by atoms with E-state index in [1.54, 1.807) is 0 Å². The summed E-state index contributed by atoms with van der Waals surface area (Å²) in [5.74, 6) is 0. The van der Waals surface area contributed by atoms with Crippen molar-refractivity contribution in [3.8, 4) is 0 Å². The lowest BCUT2D eigenvalue weighted by Gasteiger charge is -2.36. The Balaban J connectivity index is 2.38. The lowest BCUT2D eigenvalue weighted by molar-refractivity contribution is 0.0700. The first-order valence-corrected chi connectivity index (χ1v) is 5.43. The fraction of sp³-hybridized carbons (Fsp3) is 0.900. The second-order valence-electron chi connectivity index (χ2n) is 3.62. The molecule has 1 aliphatic rings. The van der Waals surface area contributed by atoms with E-state index in [4.69, 9.17) is 10.5 Å². The van der Waals surface area contributed by atoms with Crippen molar-refractivity contribution in [2.45, 2.75) is 38.6 Å². The van der Waals surface area contributed by atoms with Crippen LogP contribution >= 0.6 is 0 Å². The van der Waals surface area contributed by atoms with Gasteiger partial charge in [-0.2, -0.15) is 0 Å². The van der Waals surface area contributed by atoms with Gasteiger partial charge in [0, 0.05) is 12.6 Å². The normalized spacial score (nSPS) is 16.1. The van der Waals surface area contributed by atoms with Gasteiger partial charge in [0.1, 0.15) is 0 Å². The lowest BCUT2D eigenvalue weighted by atomic mass is 9.91. The molecule has 0 aromatic rings. The molecule has 0 bridgehead atoms. The number of rotatable bonds is 5. The van der Waals surface area contributed by atoms with Crippen LogP contribution in [0.1, 0.15) is 32.6 Å². The maximum absolute atomic E-state index is 11.5. The number of carbonyl (C=O) groups is 1. The van der Waals surface area contributed by atoms with E-state index in [0.29, 0.717) is 19.2 Å². The fourth-order valence-corrected chi connectivity index (χ4v) is 1.59. The Labute approximate surface area is 85.4 Å². The topological polar surface area (TPSA) is 55.6 Å². The molecule has 0 atom stereocenters. The Kier molecular flexibility index (Phi) is 4.73. The number of hydrogen-bond donors (Lipinski definition) is 1. The van der Waals surface area contributed by atoms with Gasteiger partial charge in [0.15, 0.2) is 0 Å². The maximum atomic E-state index is 11.5.